The number of carbonyl (C=O) groups excluding carboxylic acids is 1. The van der Waals surface area contributed by atoms with Crippen molar-refractivity contribution in [3.05, 3.63) is 52.6 Å². The number of hydrogen-bond donors (Lipinski definition) is 2. The molecule has 6 nitrogen and oxygen atoms in total. The Bertz CT molecular complexity index is 1190. The molecule has 0 spiro atoms. The van der Waals surface area contributed by atoms with Gasteiger partial charge >= 0.3 is 12.1 Å². The first-order chi connectivity index (χ1) is 17.7. The summed E-state index contributed by atoms with van der Waals surface area (Å²) >= 11 is 3.41. The Morgan fingerprint density at radius 1 is 1.11 bits per heavy atom. The molecule has 0 amide bonds. The van der Waals surface area contributed by atoms with E-state index in [1.807, 2.05) is 39.8 Å². The number of piperidine rings is 1. The van der Waals surface area contributed by atoms with E-state index in [1.54, 1.807) is 17.0 Å². The molecule has 10 heteroatoms. The number of pyridine rings is 1. The summed E-state index contributed by atoms with van der Waals surface area (Å²) in [6, 6.07) is 9.58. The number of carbonyl (C=O) groups is 1. The molecule has 3 aromatic rings. The van der Waals surface area contributed by atoms with Crippen molar-refractivity contribution in [1.82, 2.24) is 4.98 Å². The number of hydrogen-bond acceptors (Lipinski definition) is 6. The summed E-state index contributed by atoms with van der Waals surface area (Å²) in [6.45, 7) is 8.68. The summed E-state index contributed by atoms with van der Waals surface area (Å²) in [7, 11) is 1.32. The third kappa shape index (κ3) is 7.28. The zero-order valence-corrected chi connectivity index (χ0v) is 23.3. The van der Waals surface area contributed by atoms with Gasteiger partial charge in [0.05, 0.1) is 41.7 Å². The van der Waals surface area contributed by atoms with Crippen LogP contribution in [-0.2, 0) is 15.7 Å². The van der Waals surface area contributed by atoms with E-state index >= 15 is 0 Å². The molecule has 1 aliphatic rings. The summed E-state index contributed by atoms with van der Waals surface area (Å²) in [5, 5.41) is 3.74. The predicted octanol–water partition coefficient (Wildman–Crippen LogP) is 7.78. The van der Waals surface area contributed by atoms with Crippen molar-refractivity contribution in [3.63, 3.8) is 0 Å². The number of esters is 1. The second kappa shape index (κ2) is 13.5. The average Bonchev–Trinajstić information content (AvgIpc) is 2.92. The van der Waals surface area contributed by atoms with Gasteiger partial charge in [0.1, 0.15) is 0 Å². The fourth-order valence-corrected chi connectivity index (χ4v) is 4.46. The van der Waals surface area contributed by atoms with E-state index in [9.17, 15) is 18.0 Å². The Hall–Kier alpha value is -3.01. The molecule has 37 heavy (non-hydrogen) atoms. The second-order valence-electron chi connectivity index (χ2n) is 7.89. The summed E-state index contributed by atoms with van der Waals surface area (Å²) in [5.41, 5.74) is 7.17. The van der Waals surface area contributed by atoms with Gasteiger partial charge in [0.15, 0.2) is 0 Å². The number of nitrogen functional groups attached to an aromatic ring is 1. The number of benzene rings is 2. The van der Waals surface area contributed by atoms with Crippen LogP contribution in [0, 0.1) is 5.92 Å². The van der Waals surface area contributed by atoms with Crippen molar-refractivity contribution in [2.45, 2.75) is 46.7 Å². The zero-order chi connectivity index (χ0) is 27.8. The fraction of sp³-hybridized carbons (Fsp3) is 0.407. The molecule has 1 aromatic heterocycles. The van der Waals surface area contributed by atoms with Crippen LogP contribution in [0.3, 0.4) is 0 Å². The molecule has 0 radical (unpaired) electrons. The number of nitrogens with zero attached hydrogens (tertiary/aromatic N) is 2. The van der Waals surface area contributed by atoms with Crippen molar-refractivity contribution < 1.29 is 22.7 Å². The van der Waals surface area contributed by atoms with Crippen LogP contribution in [-0.4, -0.2) is 31.2 Å². The minimum Gasteiger partial charge on any atom is -0.469 e. The van der Waals surface area contributed by atoms with Crippen molar-refractivity contribution in [1.29, 1.82) is 0 Å². The lowest BCUT2D eigenvalue weighted by atomic mass is 9.96. The van der Waals surface area contributed by atoms with E-state index in [2.05, 4.69) is 26.2 Å². The van der Waals surface area contributed by atoms with Gasteiger partial charge in [-0.05, 0) is 49.2 Å². The van der Waals surface area contributed by atoms with Crippen LogP contribution in [0.5, 0.6) is 0 Å². The fourth-order valence-electron chi connectivity index (χ4n) is 4.10. The van der Waals surface area contributed by atoms with Crippen LogP contribution in [0.25, 0.3) is 10.9 Å². The molecule has 2 heterocycles. The summed E-state index contributed by atoms with van der Waals surface area (Å²) < 4.78 is 47.6. The molecule has 1 fully saturated rings. The van der Waals surface area contributed by atoms with Gasteiger partial charge in [0, 0.05) is 34.3 Å². The highest BCUT2D eigenvalue weighted by molar-refractivity contribution is 9.10. The summed E-state index contributed by atoms with van der Waals surface area (Å²) in [4.78, 5) is 17.7. The van der Waals surface area contributed by atoms with Crippen molar-refractivity contribution in [3.8, 4) is 0 Å². The van der Waals surface area contributed by atoms with Gasteiger partial charge in [-0.3, -0.25) is 9.78 Å². The molecule has 4 rings (SSSR count). The monoisotopic (exact) mass is 582 g/mol. The highest BCUT2D eigenvalue weighted by atomic mass is 79.9. The average molecular weight is 583 g/mol. The van der Waals surface area contributed by atoms with E-state index in [1.165, 1.54) is 19.4 Å². The highest BCUT2D eigenvalue weighted by Crippen LogP contribution is 2.41. The number of anilines is 4. The number of rotatable bonds is 4. The van der Waals surface area contributed by atoms with Gasteiger partial charge in [-0.1, -0.05) is 43.6 Å². The Morgan fingerprint density at radius 2 is 1.76 bits per heavy atom. The highest BCUT2D eigenvalue weighted by Gasteiger charge is 2.36. The van der Waals surface area contributed by atoms with Gasteiger partial charge in [0.2, 0.25) is 0 Å². The molecule has 0 unspecified atom stereocenters. The van der Waals surface area contributed by atoms with Crippen LogP contribution in [0.2, 0.25) is 0 Å². The number of alkyl halides is 3. The largest absolute Gasteiger partial charge is 0.469 e. The first-order valence-electron chi connectivity index (χ1n) is 12.3. The molecule has 2 aromatic carbocycles. The SMILES string of the molecule is CC.CC.COC(=O)C1CCN(c2ccc(Nc3c(N)cnc4ccc(Br)cc34)cc2C(F)(F)F)CC1. The minimum atomic E-state index is -4.55. The van der Waals surface area contributed by atoms with E-state index in [-0.39, 0.29) is 23.3 Å². The number of aromatic nitrogens is 1. The quantitative estimate of drug-likeness (QED) is 0.306. The van der Waals surface area contributed by atoms with E-state index in [0.29, 0.717) is 48.2 Å². The van der Waals surface area contributed by atoms with Crippen LogP contribution < -0.4 is 16.0 Å². The van der Waals surface area contributed by atoms with Gasteiger partial charge in [-0.15, -0.1) is 0 Å². The van der Waals surface area contributed by atoms with Crippen molar-refractivity contribution in [2.24, 2.45) is 5.92 Å². The lowest BCUT2D eigenvalue weighted by molar-refractivity contribution is -0.146. The van der Waals surface area contributed by atoms with Crippen LogP contribution in [0.15, 0.2) is 47.1 Å². The van der Waals surface area contributed by atoms with Gasteiger partial charge < -0.3 is 20.7 Å². The number of ether oxygens (including phenoxy) is 1. The number of fused-ring (bicyclic) bond motifs is 1. The number of halogens is 4. The topological polar surface area (TPSA) is 80.5 Å². The predicted molar refractivity (Wildman–Crippen MR) is 148 cm³/mol. The molecule has 3 N–H and O–H groups in total. The van der Waals surface area contributed by atoms with Gasteiger partial charge in [0.25, 0.3) is 0 Å². The van der Waals surface area contributed by atoms with E-state index < -0.39 is 11.7 Å². The van der Waals surface area contributed by atoms with E-state index in [0.717, 1.165) is 10.5 Å². The maximum absolute atomic E-state index is 14.0. The van der Waals surface area contributed by atoms with Crippen LogP contribution in [0.4, 0.5) is 35.9 Å². The van der Waals surface area contributed by atoms with Gasteiger partial charge in [-0.2, -0.15) is 13.2 Å². The molecular weight excluding hydrogens is 549 g/mol. The standard InChI is InChI=1S/C23H22BrF3N4O2.2C2H6/c1-33-22(32)13-6-8-31(9-7-13)20-5-3-15(11-17(20)23(25,26)27)30-21-16-10-14(24)2-4-19(16)29-12-18(21)28;2*1-2/h2-5,10-13H,6-9,28H2,1H3,(H,29,30);2*1-2H3. The second-order valence-corrected chi connectivity index (χ2v) is 8.80. The Kier molecular flexibility index (Phi) is 11.0. The molecule has 1 aliphatic heterocycles. The first-order valence-corrected chi connectivity index (χ1v) is 13.1. The van der Waals surface area contributed by atoms with Gasteiger partial charge in [-0.25, -0.2) is 0 Å². The first kappa shape index (κ1) is 30.2. The van der Waals surface area contributed by atoms with Crippen molar-refractivity contribution >= 4 is 55.6 Å². The molecule has 0 bridgehead atoms. The summed E-state index contributed by atoms with van der Waals surface area (Å²) in [6.07, 6.45) is -2.19. The number of methoxy groups -OCH3 is 1. The molecular formula is C27H34BrF3N4O2. The molecule has 1 saturated heterocycles. The molecule has 0 aliphatic carbocycles. The molecule has 0 atom stereocenters. The Labute approximate surface area is 224 Å². The summed E-state index contributed by atoms with van der Waals surface area (Å²) in [5.74, 6) is -0.608. The Balaban J connectivity index is 0.00000115. The lowest BCUT2D eigenvalue weighted by Crippen LogP contribution is -2.37. The molecule has 0 saturated carbocycles. The van der Waals surface area contributed by atoms with Crippen LogP contribution >= 0.6 is 15.9 Å². The normalized spacial score (nSPS) is 13.7. The lowest BCUT2D eigenvalue weighted by Gasteiger charge is -2.34. The van der Waals surface area contributed by atoms with Crippen molar-refractivity contribution in [2.75, 3.05) is 36.1 Å². The Morgan fingerprint density at radius 3 is 2.35 bits per heavy atom. The van der Waals surface area contributed by atoms with Crippen LogP contribution in [0.1, 0.15) is 46.1 Å². The zero-order valence-electron chi connectivity index (χ0n) is 21.7. The third-order valence-electron chi connectivity index (χ3n) is 5.80. The number of nitrogens with one attached hydrogen (secondary N) is 1. The maximum atomic E-state index is 14.0. The molecule has 202 valence electrons. The maximum Gasteiger partial charge on any atom is 0.418 e. The minimum absolute atomic E-state index is 0.0895. The number of nitrogens with two attached hydrogens (primary N) is 1. The van der Waals surface area contributed by atoms with E-state index in [4.69, 9.17) is 10.5 Å². The smallest absolute Gasteiger partial charge is 0.418 e. The third-order valence-corrected chi connectivity index (χ3v) is 6.29.